The van der Waals surface area contributed by atoms with E-state index in [1.165, 1.54) is 61.3 Å². The first kappa shape index (κ1) is 26.8. The highest BCUT2D eigenvalue weighted by Crippen LogP contribution is 2.19. The highest BCUT2D eigenvalue weighted by molar-refractivity contribution is 7.89. The normalized spacial score (nSPS) is 13.4. The van der Waals surface area contributed by atoms with Crippen LogP contribution in [0.5, 0.6) is 0 Å². The van der Waals surface area contributed by atoms with E-state index in [0.717, 1.165) is 4.31 Å². The molecule has 0 saturated heterocycles. The lowest BCUT2D eigenvalue weighted by Gasteiger charge is -2.31. The highest BCUT2D eigenvalue weighted by atomic mass is 35.5. The lowest BCUT2D eigenvalue weighted by molar-refractivity contribution is -0.140. The predicted octanol–water partition coefficient (Wildman–Crippen LogP) is 3.43. The summed E-state index contributed by atoms with van der Waals surface area (Å²) in [6, 6.07) is 10.4. The molecule has 0 aliphatic carbocycles. The number of halogens is 2. The second kappa shape index (κ2) is 11.6. The summed E-state index contributed by atoms with van der Waals surface area (Å²) in [6.45, 7) is 4.56. The van der Waals surface area contributed by atoms with E-state index in [9.17, 15) is 22.4 Å². The van der Waals surface area contributed by atoms with Crippen molar-refractivity contribution in [2.75, 3.05) is 13.6 Å². The molecule has 2 rings (SSSR count). The van der Waals surface area contributed by atoms with Crippen LogP contribution in [0.4, 0.5) is 4.39 Å². The first-order valence-corrected chi connectivity index (χ1v) is 12.3. The SMILES string of the molecule is CC[C@H](C)NC(=O)[C@H](C)N(Cc1ccccc1F)C(=O)CN(C)S(=O)(=O)c1ccc(Cl)cc1. The molecule has 0 fully saturated rings. The number of carbonyl (C=O) groups excluding carboxylic acids is 2. The molecule has 2 amide bonds. The number of hydrogen-bond donors (Lipinski definition) is 1. The van der Waals surface area contributed by atoms with Crippen molar-refractivity contribution < 1.29 is 22.4 Å². The van der Waals surface area contributed by atoms with Gasteiger partial charge in [-0.2, -0.15) is 4.31 Å². The van der Waals surface area contributed by atoms with E-state index in [-0.39, 0.29) is 23.0 Å². The lowest BCUT2D eigenvalue weighted by Crippen LogP contribution is -2.52. The van der Waals surface area contributed by atoms with Crippen LogP contribution in [0.15, 0.2) is 53.4 Å². The zero-order chi connectivity index (χ0) is 24.8. The van der Waals surface area contributed by atoms with Crippen LogP contribution in [0.2, 0.25) is 5.02 Å². The molecule has 0 heterocycles. The summed E-state index contributed by atoms with van der Waals surface area (Å²) in [6.07, 6.45) is 0.696. The van der Waals surface area contributed by atoms with Crippen molar-refractivity contribution in [1.82, 2.24) is 14.5 Å². The van der Waals surface area contributed by atoms with Gasteiger partial charge < -0.3 is 10.2 Å². The molecule has 0 radical (unpaired) electrons. The van der Waals surface area contributed by atoms with Gasteiger partial charge in [-0.3, -0.25) is 9.59 Å². The van der Waals surface area contributed by atoms with E-state index in [0.29, 0.717) is 11.4 Å². The molecule has 0 bridgehead atoms. The van der Waals surface area contributed by atoms with Crippen LogP contribution in [-0.4, -0.2) is 55.1 Å². The molecule has 0 unspecified atom stereocenters. The van der Waals surface area contributed by atoms with Gasteiger partial charge in [0.2, 0.25) is 21.8 Å². The fourth-order valence-corrected chi connectivity index (χ4v) is 4.26. The topological polar surface area (TPSA) is 86.8 Å². The number of nitrogens with one attached hydrogen (secondary N) is 1. The maximum atomic E-state index is 14.3. The number of sulfonamides is 1. The first-order valence-electron chi connectivity index (χ1n) is 10.5. The summed E-state index contributed by atoms with van der Waals surface area (Å²) >= 11 is 5.83. The minimum Gasteiger partial charge on any atom is -0.352 e. The van der Waals surface area contributed by atoms with E-state index in [2.05, 4.69) is 5.32 Å². The third-order valence-corrected chi connectivity index (χ3v) is 7.42. The molecule has 2 aromatic rings. The summed E-state index contributed by atoms with van der Waals surface area (Å²) in [5, 5.41) is 3.19. The van der Waals surface area contributed by atoms with Gasteiger partial charge in [-0.05, 0) is 50.6 Å². The van der Waals surface area contributed by atoms with Crippen molar-refractivity contribution in [1.29, 1.82) is 0 Å². The molecule has 2 atom stereocenters. The molecular formula is C23H29ClFN3O4S. The lowest BCUT2D eigenvalue weighted by atomic mass is 10.1. The molecule has 180 valence electrons. The number of likely N-dealkylation sites (N-methyl/N-ethyl adjacent to an activating group) is 1. The highest BCUT2D eigenvalue weighted by Gasteiger charge is 2.31. The van der Waals surface area contributed by atoms with Crippen LogP contribution in [-0.2, 0) is 26.2 Å². The fourth-order valence-electron chi connectivity index (χ4n) is 3.01. The molecule has 10 heteroatoms. The average Bonchev–Trinajstić information content (AvgIpc) is 2.78. The second-order valence-corrected chi connectivity index (χ2v) is 10.3. The van der Waals surface area contributed by atoms with Crippen molar-refractivity contribution in [2.24, 2.45) is 0 Å². The Balaban J connectivity index is 2.29. The molecular weight excluding hydrogens is 469 g/mol. The molecule has 0 spiro atoms. The quantitative estimate of drug-likeness (QED) is 0.545. The number of hydrogen-bond acceptors (Lipinski definition) is 4. The Morgan fingerprint density at radius 3 is 2.27 bits per heavy atom. The molecule has 7 nitrogen and oxygen atoms in total. The molecule has 0 aromatic heterocycles. The molecule has 2 aromatic carbocycles. The standard InChI is InChI=1S/C23H29ClFN3O4S/c1-5-16(2)26-23(30)17(3)28(14-18-8-6-7-9-21(18)25)22(29)15-27(4)33(31,32)20-12-10-19(24)11-13-20/h6-13,16-17H,5,14-15H2,1-4H3,(H,26,30)/t16-,17-/m0/s1. The third-order valence-electron chi connectivity index (χ3n) is 5.35. The predicted molar refractivity (Wildman–Crippen MR) is 126 cm³/mol. The van der Waals surface area contributed by atoms with Gasteiger partial charge in [0, 0.05) is 30.2 Å². The number of benzene rings is 2. The van der Waals surface area contributed by atoms with Crippen LogP contribution in [0.1, 0.15) is 32.8 Å². The Morgan fingerprint density at radius 1 is 1.09 bits per heavy atom. The van der Waals surface area contributed by atoms with E-state index < -0.39 is 40.2 Å². The minimum absolute atomic E-state index is 0.0228. The zero-order valence-corrected chi connectivity index (χ0v) is 20.7. The average molecular weight is 498 g/mol. The number of amides is 2. The largest absolute Gasteiger partial charge is 0.352 e. The van der Waals surface area contributed by atoms with Gasteiger partial charge in [0.25, 0.3) is 0 Å². The second-order valence-electron chi connectivity index (χ2n) is 7.82. The van der Waals surface area contributed by atoms with Crippen LogP contribution in [0.3, 0.4) is 0 Å². The van der Waals surface area contributed by atoms with Gasteiger partial charge in [-0.15, -0.1) is 0 Å². The van der Waals surface area contributed by atoms with Crippen LogP contribution >= 0.6 is 11.6 Å². The first-order chi connectivity index (χ1) is 15.5. The van der Waals surface area contributed by atoms with Gasteiger partial charge in [-0.1, -0.05) is 36.7 Å². The van der Waals surface area contributed by atoms with Gasteiger partial charge in [-0.25, -0.2) is 12.8 Å². The van der Waals surface area contributed by atoms with E-state index in [1.807, 2.05) is 13.8 Å². The monoisotopic (exact) mass is 497 g/mol. The number of nitrogens with zero attached hydrogens (tertiary/aromatic N) is 2. The minimum atomic E-state index is -3.98. The zero-order valence-electron chi connectivity index (χ0n) is 19.1. The van der Waals surface area contributed by atoms with Gasteiger partial charge in [0.05, 0.1) is 11.4 Å². The summed E-state index contributed by atoms with van der Waals surface area (Å²) < 4.78 is 40.9. The van der Waals surface area contributed by atoms with E-state index in [1.54, 1.807) is 6.07 Å². The maximum absolute atomic E-state index is 14.3. The third kappa shape index (κ3) is 6.99. The molecule has 0 aliphatic rings. The van der Waals surface area contributed by atoms with Crippen molar-refractivity contribution in [3.63, 3.8) is 0 Å². The smallest absolute Gasteiger partial charge is 0.243 e. The van der Waals surface area contributed by atoms with Gasteiger partial charge in [0.1, 0.15) is 11.9 Å². The van der Waals surface area contributed by atoms with Gasteiger partial charge in [0.15, 0.2) is 0 Å². The fraction of sp³-hybridized carbons (Fsp3) is 0.391. The van der Waals surface area contributed by atoms with Crippen LogP contribution in [0, 0.1) is 5.82 Å². The number of carbonyl (C=O) groups is 2. The summed E-state index contributed by atoms with van der Waals surface area (Å²) in [5.41, 5.74) is 0.220. The van der Waals surface area contributed by atoms with E-state index in [4.69, 9.17) is 11.6 Å². The molecule has 0 saturated carbocycles. The molecule has 1 N–H and O–H groups in total. The summed E-state index contributed by atoms with van der Waals surface area (Å²) in [4.78, 5) is 27.1. The maximum Gasteiger partial charge on any atom is 0.243 e. The van der Waals surface area contributed by atoms with Crippen molar-refractivity contribution in [2.45, 2.75) is 50.7 Å². The van der Waals surface area contributed by atoms with Gasteiger partial charge >= 0.3 is 0 Å². The summed E-state index contributed by atoms with van der Waals surface area (Å²) in [7, 11) is -2.71. The Hall–Kier alpha value is -2.49. The molecule has 0 aliphatic heterocycles. The van der Waals surface area contributed by atoms with Crippen LogP contribution < -0.4 is 5.32 Å². The number of rotatable bonds is 10. The van der Waals surface area contributed by atoms with Crippen molar-refractivity contribution in [3.05, 3.63) is 64.9 Å². The Kier molecular flexibility index (Phi) is 9.39. The van der Waals surface area contributed by atoms with Crippen LogP contribution in [0.25, 0.3) is 0 Å². The van der Waals surface area contributed by atoms with E-state index >= 15 is 0 Å². The Bertz CT molecular complexity index is 1080. The Labute approximate surface area is 199 Å². The molecule has 33 heavy (non-hydrogen) atoms. The van der Waals surface area contributed by atoms with Crippen molar-refractivity contribution in [3.8, 4) is 0 Å². The van der Waals surface area contributed by atoms with Crippen molar-refractivity contribution >= 4 is 33.4 Å². The Morgan fingerprint density at radius 2 is 1.70 bits per heavy atom. The summed E-state index contributed by atoms with van der Waals surface area (Å²) in [5.74, 6) is -1.56.